The van der Waals surface area contributed by atoms with Crippen molar-refractivity contribution in [2.24, 2.45) is 0 Å². The van der Waals surface area contributed by atoms with Crippen LogP contribution in [0.4, 0.5) is 0 Å². The zero-order valence-corrected chi connectivity index (χ0v) is 13.3. The Morgan fingerprint density at radius 3 is 2.25 bits per heavy atom. The number of rotatable bonds is 4. The molecule has 0 aromatic heterocycles. The molecule has 0 aromatic carbocycles. The average Bonchev–Trinajstić information content (AvgIpc) is 2.42. The van der Waals surface area contributed by atoms with Gasteiger partial charge in [-0.25, -0.2) is 0 Å². The van der Waals surface area contributed by atoms with Crippen molar-refractivity contribution < 1.29 is 4.79 Å². The van der Waals surface area contributed by atoms with E-state index in [1.807, 2.05) is 0 Å². The normalized spacial score (nSPS) is 24.2. The first-order valence-corrected chi connectivity index (χ1v) is 7.99. The molecule has 0 saturated carbocycles. The first-order chi connectivity index (χ1) is 9.54. The molecule has 0 bridgehead atoms. The van der Waals surface area contributed by atoms with Gasteiger partial charge in [-0.15, -0.1) is 0 Å². The third-order valence-electron chi connectivity index (χ3n) is 4.59. The molecule has 2 fully saturated rings. The Morgan fingerprint density at radius 1 is 1.10 bits per heavy atom. The highest BCUT2D eigenvalue weighted by atomic mass is 16.2. The maximum absolute atomic E-state index is 12.1. The summed E-state index contributed by atoms with van der Waals surface area (Å²) in [5.74, 6) is 0.206. The van der Waals surface area contributed by atoms with Gasteiger partial charge in [-0.1, -0.05) is 0 Å². The van der Waals surface area contributed by atoms with Crippen molar-refractivity contribution >= 4 is 5.91 Å². The van der Waals surface area contributed by atoms with Crippen LogP contribution in [-0.4, -0.2) is 85.6 Å². The Hall–Kier alpha value is -0.650. The number of piperidine rings is 1. The van der Waals surface area contributed by atoms with Gasteiger partial charge in [-0.2, -0.15) is 0 Å². The molecule has 0 unspecified atom stereocenters. The Bertz CT molecular complexity index is 305. The van der Waals surface area contributed by atoms with E-state index in [1.165, 1.54) is 0 Å². The molecular formula is C15H30N4O. The predicted molar refractivity (Wildman–Crippen MR) is 81.8 cm³/mol. The summed E-state index contributed by atoms with van der Waals surface area (Å²) in [5, 5.41) is 3.20. The number of carbonyl (C=O) groups is 1. The molecule has 0 aliphatic carbocycles. The number of amides is 1. The van der Waals surface area contributed by atoms with Crippen LogP contribution in [0, 0.1) is 0 Å². The molecule has 2 heterocycles. The minimum atomic E-state index is 0.206. The lowest BCUT2D eigenvalue weighted by molar-refractivity contribution is -0.123. The molecule has 0 radical (unpaired) electrons. The quantitative estimate of drug-likeness (QED) is 0.801. The molecule has 5 heteroatoms. The van der Waals surface area contributed by atoms with Gasteiger partial charge in [0.05, 0.1) is 6.54 Å². The first kappa shape index (κ1) is 15.7. The van der Waals surface area contributed by atoms with Crippen molar-refractivity contribution in [3.05, 3.63) is 0 Å². The van der Waals surface area contributed by atoms with Crippen LogP contribution >= 0.6 is 0 Å². The number of nitrogens with zero attached hydrogens (tertiary/aromatic N) is 3. The zero-order chi connectivity index (χ0) is 14.5. The van der Waals surface area contributed by atoms with Gasteiger partial charge in [0, 0.05) is 38.3 Å². The summed E-state index contributed by atoms with van der Waals surface area (Å²) in [6.07, 6.45) is 2.17. The molecule has 2 aliphatic heterocycles. The maximum Gasteiger partial charge on any atom is 0.234 e. The summed E-state index contributed by atoms with van der Waals surface area (Å²) < 4.78 is 0. The van der Waals surface area contributed by atoms with E-state index in [4.69, 9.17) is 0 Å². The van der Waals surface area contributed by atoms with E-state index in [-0.39, 0.29) is 5.91 Å². The van der Waals surface area contributed by atoms with E-state index in [0.717, 1.165) is 52.1 Å². The third kappa shape index (κ3) is 4.72. The van der Waals surface area contributed by atoms with Gasteiger partial charge in [0.1, 0.15) is 0 Å². The minimum absolute atomic E-state index is 0.206. The van der Waals surface area contributed by atoms with E-state index in [9.17, 15) is 4.79 Å². The molecule has 2 rings (SSSR count). The van der Waals surface area contributed by atoms with E-state index in [2.05, 4.69) is 40.9 Å². The van der Waals surface area contributed by atoms with Gasteiger partial charge in [-0.05, 0) is 46.8 Å². The summed E-state index contributed by atoms with van der Waals surface area (Å²) in [5.41, 5.74) is 0. The SMILES string of the molecule is CC(C)N1CCN(CC(=O)NC2CCN(C)CC2)CC1. The average molecular weight is 282 g/mol. The van der Waals surface area contributed by atoms with Crippen LogP contribution in [-0.2, 0) is 4.79 Å². The zero-order valence-electron chi connectivity index (χ0n) is 13.3. The summed E-state index contributed by atoms with van der Waals surface area (Å²) in [7, 11) is 2.15. The maximum atomic E-state index is 12.1. The molecule has 5 nitrogen and oxygen atoms in total. The minimum Gasteiger partial charge on any atom is -0.352 e. The Labute approximate surface area is 123 Å². The molecule has 2 aliphatic rings. The van der Waals surface area contributed by atoms with Crippen molar-refractivity contribution in [1.29, 1.82) is 0 Å². The monoisotopic (exact) mass is 282 g/mol. The van der Waals surface area contributed by atoms with E-state index >= 15 is 0 Å². The fraction of sp³-hybridized carbons (Fsp3) is 0.933. The number of piperazine rings is 1. The van der Waals surface area contributed by atoms with Crippen molar-refractivity contribution in [3.8, 4) is 0 Å². The fourth-order valence-corrected chi connectivity index (χ4v) is 3.07. The summed E-state index contributed by atoms with van der Waals surface area (Å²) in [6.45, 7) is 11.4. The third-order valence-corrected chi connectivity index (χ3v) is 4.59. The Morgan fingerprint density at radius 2 is 1.70 bits per heavy atom. The standard InChI is InChI=1S/C15H30N4O/c1-13(2)19-10-8-18(9-11-19)12-15(20)16-14-4-6-17(3)7-5-14/h13-14H,4-12H2,1-3H3,(H,16,20). The second-order valence-corrected chi connectivity index (χ2v) is 6.55. The highest BCUT2D eigenvalue weighted by Gasteiger charge is 2.22. The van der Waals surface area contributed by atoms with Crippen LogP contribution in [0.1, 0.15) is 26.7 Å². The number of likely N-dealkylation sites (tertiary alicyclic amines) is 1. The Balaban J connectivity index is 1.65. The van der Waals surface area contributed by atoms with Crippen LogP contribution in [0.25, 0.3) is 0 Å². The smallest absolute Gasteiger partial charge is 0.234 e. The largest absolute Gasteiger partial charge is 0.352 e. The van der Waals surface area contributed by atoms with Gasteiger partial charge < -0.3 is 10.2 Å². The summed E-state index contributed by atoms with van der Waals surface area (Å²) >= 11 is 0. The van der Waals surface area contributed by atoms with Gasteiger partial charge in [0.15, 0.2) is 0 Å². The molecule has 1 amide bonds. The van der Waals surface area contributed by atoms with Crippen molar-refractivity contribution in [2.75, 3.05) is 52.9 Å². The van der Waals surface area contributed by atoms with Crippen molar-refractivity contribution in [1.82, 2.24) is 20.0 Å². The summed E-state index contributed by atoms with van der Waals surface area (Å²) in [6, 6.07) is 1.00. The number of hydrogen-bond acceptors (Lipinski definition) is 4. The van der Waals surface area contributed by atoms with Gasteiger partial charge in [0.2, 0.25) is 5.91 Å². The second-order valence-electron chi connectivity index (χ2n) is 6.55. The molecule has 0 aromatic rings. The lowest BCUT2D eigenvalue weighted by atomic mass is 10.1. The summed E-state index contributed by atoms with van der Waals surface area (Å²) in [4.78, 5) is 19.2. The van der Waals surface area contributed by atoms with Gasteiger partial charge in [-0.3, -0.25) is 14.6 Å². The van der Waals surface area contributed by atoms with Gasteiger partial charge in [0.25, 0.3) is 0 Å². The molecule has 116 valence electrons. The van der Waals surface area contributed by atoms with Crippen LogP contribution in [0.15, 0.2) is 0 Å². The Kier molecular flexibility index (Phi) is 5.81. The lowest BCUT2D eigenvalue weighted by Gasteiger charge is -2.37. The van der Waals surface area contributed by atoms with Crippen LogP contribution < -0.4 is 5.32 Å². The van der Waals surface area contributed by atoms with Crippen LogP contribution in [0.5, 0.6) is 0 Å². The van der Waals surface area contributed by atoms with Crippen molar-refractivity contribution in [2.45, 2.75) is 38.8 Å². The van der Waals surface area contributed by atoms with Crippen molar-refractivity contribution in [3.63, 3.8) is 0 Å². The number of carbonyl (C=O) groups excluding carboxylic acids is 1. The molecule has 0 spiro atoms. The fourth-order valence-electron chi connectivity index (χ4n) is 3.07. The lowest BCUT2D eigenvalue weighted by Crippen LogP contribution is -2.52. The van der Waals surface area contributed by atoms with E-state index < -0.39 is 0 Å². The first-order valence-electron chi connectivity index (χ1n) is 7.99. The van der Waals surface area contributed by atoms with Crippen LogP contribution in [0.3, 0.4) is 0 Å². The highest BCUT2D eigenvalue weighted by molar-refractivity contribution is 5.78. The molecular weight excluding hydrogens is 252 g/mol. The van der Waals surface area contributed by atoms with E-state index in [0.29, 0.717) is 18.6 Å². The second kappa shape index (κ2) is 7.38. The molecule has 2 saturated heterocycles. The van der Waals surface area contributed by atoms with Gasteiger partial charge >= 0.3 is 0 Å². The topological polar surface area (TPSA) is 38.8 Å². The van der Waals surface area contributed by atoms with E-state index in [1.54, 1.807) is 0 Å². The highest BCUT2D eigenvalue weighted by Crippen LogP contribution is 2.09. The number of nitrogens with one attached hydrogen (secondary N) is 1. The molecule has 1 N–H and O–H groups in total. The van der Waals surface area contributed by atoms with Crippen LogP contribution in [0.2, 0.25) is 0 Å². The predicted octanol–water partition coefficient (Wildman–Crippen LogP) is 0.223. The molecule has 0 atom stereocenters. The number of hydrogen-bond donors (Lipinski definition) is 1. The molecule has 20 heavy (non-hydrogen) atoms.